The summed E-state index contributed by atoms with van der Waals surface area (Å²) in [7, 11) is -2.29. The Morgan fingerprint density at radius 3 is 2.39 bits per heavy atom. The highest BCUT2D eigenvalue weighted by Crippen LogP contribution is 2.36. The third-order valence-corrected chi connectivity index (χ3v) is 6.88. The minimum atomic E-state index is -3.62. The first-order valence-electron chi connectivity index (χ1n) is 8.13. The fourth-order valence-electron chi connectivity index (χ4n) is 2.88. The van der Waals surface area contributed by atoms with Crippen molar-refractivity contribution in [3.8, 4) is 5.75 Å². The predicted octanol–water partition coefficient (Wildman–Crippen LogP) is 4.36. The predicted molar refractivity (Wildman–Crippen MR) is 113 cm³/mol. The zero-order chi connectivity index (χ0) is 20.6. The quantitative estimate of drug-likeness (QED) is 0.257. The molecular weight excluding hydrogens is 516 g/mol. The Balaban J connectivity index is 2.26. The van der Waals surface area contributed by atoms with Crippen LogP contribution in [0.4, 0.5) is 0 Å². The summed E-state index contributed by atoms with van der Waals surface area (Å²) in [6.07, 6.45) is 0.498. The van der Waals surface area contributed by atoms with E-state index in [0.29, 0.717) is 43.2 Å². The Labute approximate surface area is 178 Å². The molecule has 2 aromatic carbocycles. The number of benzene rings is 2. The van der Waals surface area contributed by atoms with E-state index < -0.39 is 10.0 Å². The second-order valence-corrected chi connectivity index (χ2v) is 9.45. The third kappa shape index (κ3) is 3.57. The zero-order valence-electron chi connectivity index (χ0n) is 14.8. The van der Waals surface area contributed by atoms with Gasteiger partial charge in [-0.1, -0.05) is 12.1 Å². The van der Waals surface area contributed by atoms with Crippen molar-refractivity contribution in [3.05, 3.63) is 56.2 Å². The lowest BCUT2D eigenvalue weighted by atomic mass is 9.98. The molecule has 28 heavy (non-hydrogen) atoms. The van der Waals surface area contributed by atoms with E-state index in [-0.39, 0.29) is 16.4 Å². The van der Waals surface area contributed by atoms with Crippen molar-refractivity contribution < 1.29 is 23.1 Å². The molecule has 7 nitrogen and oxygen atoms in total. The highest BCUT2D eigenvalue weighted by atomic mass is 79.9. The number of halogens is 2. The van der Waals surface area contributed by atoms with Gasteiger partial charge in [-0.15, -0.1) is 0 Å². The number of phenols is 1. The van der Waals surface area contributed by atoms with E-state index >= 15 is 0 Å². The molecule has 1 aromatic heterocycles. The van der Waals surface area contributed by atoms with E-state index in [9.17, 15) is 18.7 Å². The number of aromatic hydroxyl groups is 1. The van der Waals surface area contributed by atoms with Gasteiger partial charge in [0.2, 0.25) is 10.0 Å². The monoisotopic (exact) mass is 530 g/mol. The fraction of sp³-hybridized carbons (Fsp3) is 0.167. The molecule has 0 atom stereocenters. The van der Waals surface area contributed by atoms with Gasteiger partial charge in [0, 0.05) is 23.4 Å². The summed E-state index contributed by atoms with van der Waals surface area (Å²) >= 11 is 6.54. The Hall–Kier alpha value is -1.88. The second-order valence-electron chi connectivity index (χ2n) is 5.86. The molecule has 0 saturated carbocycles. The average Bonchev–Trinajstić information content (AvgIpc) is 3.04. The minimum absolute atomic E-state index is 0.0238. The number of furan rings is 1. The van der Waals surface area contributed by atoms with E-state index in [1.807, 2.05) is 6.92 Å². The van der Waals surface area contributed by atoms with Crippen molar-refractivity contribution in [3.63, 3.8) is 0 Å². The Kier molecular flexibility index (Phi) is 5.85. The molecule has 3 N–H and O–H groups in total. The molecule has 0 bridgehead atoms. The minimum Gasteiger partial charge on any atom is -0.506 e. The Morgan fingerprint density at radius 2 is 1.86 bits per heavy atom. The summed E-state index contributed by atoms with van der Waals surface area (Å²) in [6, 6.07) is 7.75. The van der Waals surface area contributed by atoms with Crippen molar-refractivity contribution in [2.45, 2.75) is 18.2 Å². The molecule has 10 heteroatoms. The normalized spacial score (nSPS) is 12.6. The van der Waals surface area contributed by atoms with Gasteiger partial charge in [0.1, 0.15) is 22.8 Å². The molecule has 0 fully saturated rings. The molecule has 0 spiro atoms. The molecule has 0 amide bonds. The third-order valence-electron chi connectivity index (χ3n) is 4.26. The summed E-state index contributed by atoms with van der Waals surface area (Å²) in [5, 5.41) is 23.8. The summed E-state index contributed by atoms with van der Waals surface area (Å²) in [5.41, 5.74) is 1.68. The standard InChI is InChI=1S/C18H16Br2N2O5S/c1-3-14-16(17(22-24)9-6-12(19)18(23)13(20)7-9)11-5-4-10(8-15(11)27-14)28(25,26)21-2/h4-8,21,23-24H,3H2,1-2H3. The number of fused-ring (bicyclic) bond motifs is 1. The second kappa shape index (κ2) is 7.86. The van der Waals surface area contributed by atoms with Crippen LogP contribution in [0.25, 0.3) is 11.0 Å². The van der Waals surface area contributed by atoms with E-state index in [4.69, 9.17) is 4.42 Å². The largest absolute Gasteiger partial charge is 0.506 e. The van der Waals surface area contributed by atoms with E-state index in [2.05, 4.69) is 41.7 Å². The molecular formula is C18H16Br2N2O5S. The van der Waals surface area contributed by atoms with E-state index in [1.54, 1.807) is 18.2 Å². The van der Waals surface area contributed by atoms with Crippen LogP contribution in [0.3, 0.4) is 0 Å². The van der Waals surface area contributed by atoms with E-state index in [0.717, 1.165) is 0 Å². The van der Waals surface area contributed by atoms with Gasteiger partial charge in [-0.2, -0.15) is 0 Å². The maximum Gasteiger partial charge on any atom is 0.240 e. The average molecular weight is 532 g/mol. The zero-order valence-corrected chi connectivity index (χ0v) is 18.8. The van der Waals surface area contributed by atoms with Crippen LogP contribution >= 0.6 is 31.9 Å². The van der Waals surface area contributed by atoms with Crippen LogP contribution in [0.15, 0.2) is 53.7 Å². The molecule has 0 aliphatic carbocycles. The molecule has 0 radical (unpaired) electrons. The van der Waals surface area contributed by atoms with Crippen LogP contribution in [-0.4, -0.2) is 31.5 Å². The van der Waals surface area contributed by atoms with Crippen LogP contribution in [0.5, 0.6) is 5.75 Å². The first-order chi connectivity index (χ1) is 13.2. The lowest BCUT2D eigenvalue weighted by Crippen LogP contribution is -2.18. The number of rotatable bonds is 5. The molecule has 0 unspecified atom stereocenters. The van der Waals surface area contributed by atoms with Crippen LogP contribution in [-0.2, 0) is 16.4 Å². The van der Waals surface area contributed by atoms with Gasteiger partial charge < -0.3 is 14.7 Å². The Bertz CT molecular complexity index is 1180. The van der Waals surface area contributed by atoms with Gasteiger partial charge in [-0.05, 0) is 63.2 Å². The number of nitrogens with one attached hydrogen (secondary N) is 1. The highest BCUT2D eigenvalue weighted by Gasteiger charge is 2.23. The van der Waals surface area contributed by atoms with Crippen molar-refractivity contribution in [1.82, 2.24) is 4.72 Å². The first kappa shape index (κ1) is 20.8. The lowest BCUT2D eigenvalue weighted by molar-refractivity contribution is 0.319. The van der Waals surface area contributed by atoms with Gasteiger partial charge in [0.15, 0.2) is 0 Å². The summed E-state index contributed by atoms with van der Waals surface area (Å²) in [4.78, 5) is 0.0723. The summed E-state index contributed by atoms with van der Waals surface area (Å²) in [6.45, 7) is 1.88. The lowest BCUT2D eigenvalue weighted by Gasteiger charge is -2.09. The fourth-order valence-corrected chi connectivity index (χ4v) is 4.81. The Morgan fingerprint density at radius 1 is 1.21 bits per heavy atom. The highest BCUT2D eigenvalue weighted by molar-refractivity contribution is 9.11. The molecule has 1 heterocycles. The van der Waals surface area contributed by atoms with Gasteiger partial charge in [-0.25, -0.2) is 13.1 Å². The molecule has 3 rings (SSSR count). The van der Waals surface area contributed by atoms with Gasteiger partial charge in [0.25, 0.3) is 0 Å². The number of hydrogen-bond donors (Lipinski definition) is 3. The van der Waals surface area contributed by atoms with Gasteiger partial charge in [-0.3, -0.25) is 0 Å². The smallest absolute Gasteiger partial charge is 0.240 e. The maximum atomic E-state index is 12.1. The summed E-state index contributed by atoms with van der Waals surface area (Å²) < 4.78 is 33.1. The number of hydrogen-bond acceptors (Lipinski definition) is 6. The topological polar surface area (TPSA) is 112 Å². The van der Waals surface area contributed by atoms with Crippen molar-refractivity contribution in [1.29, 1.82) is 0 Å². The van der Waals surface area contributed by atoms with Gasteiger partial charge in [0.05, 0.1) is 19.4 Å². The number of oxime groups is 1. The SMILES string of the molecule is CCc1oc2cc(S(=O)(=O)NC)ccc2c1C(=NO)c1cc(Br)c(O)c(Br)c1. The molecule has 0 aliphatic heterocycles. The van der Waals surface area contributed by atoms with Crippen LogP contribution in [0.1, 0.15) is 23.8 Å². The first-order valence-corrected chi connectivity index (χ1v) is 11.2. The molecule has 3 aromatic rings. The van der Waals surface area contributed by atoms with E-state index in [1.165, 1.54) is 19.2 Å². The van der Waals surface area contributed by atoms with Crippen molar-refractivity contribution in [2.75, 3.05) is 7.05 Å². The van der Waals surface area contributed by atoms with Gasteiger partial charge >= 0.3 is 0 Å². The maximum absolute atomic E-state index is 12.1. The molecule has 0 saturated heterocycles. The molecule has 0 aliphatic rings. The summed E-state index contributed by atoms with van der Waals surface area (Å²) in [5.74, 6) is 0.567. The van der Waals surface area contributed by atoms with Crippen LogP contribution < -0.4 is 4.72 Å². The number of aryl methyl sites for hydroxylation is 1. The van der Waals surface area contributed by atoms with Crippen molar-refractivity contribution >= 4 is 58.6 Å². The van der Waals surface area contributed by atoms with Crippen molar-refractivity contribution in [2.24, 2.45) is 5.16 Å². The molecule has 148 valence electrons. The number of phenolic OH excluding ortho intramolecular Hbond substituents is 1. The van der Waals surface area contributed by atoms with Crippen LogP contribution in [0.2, 0.25) is 0 Å². The number of sulfonamides is 1. The number of nitrogens with zero attached hydrogens (tertiary/aromatic N) is 1. The van der Waals surface area contributed by atoms with Crippen LogP contribution in [0, 0.1) is 0 Å².